The van der Waals surface area contributed by atoms with Gasteiger partial charge < -0.3 is 4.90 Å². The molecule has 0 saturated carbocycles. The Morgan fingerprint density at radius 1 is 1.25 bits per heavy atom. The van der Waals surface area contributed by atoms with E-state index in [1.54, 1.807) is 0 Å². The van der Waals surface area contributed by atoms with Crippen molar-refractivity contribution in [3.8, 4) is 0 Å². The summed E-state index contributed by atoms with van der Waals surface area (Å²) in [5.41, 5.74) is 2.87. The van der Waals surface area contributed by atoms with E-state index in [4.69, 9.17) is 0 Å². The van der Waals surface area contributed by atoms with Gasteiger partial charge in [0, 0.05) is 19.1 Å². The number of piperidine rings is 1. The summed E-state index contributed by atoms with van der Waals surface area (Å²) in [4.78, 5) is 16.6. The Bertz CT molecular complexity index is 480. The van der Waals surface area contributed by atoms with Crippen molar-refractivity contribution in [3.05, 3.63) is 35.4 Å². The van der Waals surface area contributed by atoms with E-state index in [-0.39, 0.29) is 0 Å². The molecular formula is C17H24N2O. The average Bonchev–Trinajstić information content (AvgIpc) is 2.92. The third-order valence-electron chi connectivity index (χ3n) is 4.73. The van der Waals surface area contributed by atoms with E-state index < -0.39 is 0 Å². The van der Waals surface area contributed by atoms with Crippen LogP contribution in [0.4, 0.5) is 0 Å². The molecule has 0 aromatic heterocycles. The van der Waals surface area contributed by atoms with Gasteiger partial charge in [-0.1, -0.05) is 24.3 Å². The van der Waals surface area contributed by atoms with E-state index in [9.17, 15) is 4.79 Å². The number of likely N-dealkylation sites (tertiary alicyclic amines) is 1. The zero-order chi connectivity index (χ0) is 13.9. The third kappa shape index (κ3) is 2.73. The molecule has 1 heterocycles. The first-order valence-electron chi connectivity index (χ1n) is 7.81. The summed E-state index contributed by atoms with van der Waals surface area (Å²) in [6.45, 7) is 2.46. The van der Waals surface area contributed by atoms with Crippen molar-refractivity contribution in [2.75, 3.05) is 26.7 Å². The molecule has 1 amide bonds. The van der Waals surface area contributed by atoms with Gasteiger partial charge in [0.1, 0.15) is 0 Å². The number of hydrogen-bond acceptors (Lipinski definition) is 2. The number of amides is 1. The van der Waals surface area contributed by atoms with Gasteiger partial charge in [0.05, 0.1) is 6.54 Å². The molecular weight excluding hydrogens is 248 g/mol. The molecule has 0 spiro atoms. The summed E-state index contributed by atoms with van der Waals surface area (Å²) in [5.74, 6) is 0.302. The number of likely N-dealkylation sites (N-methyl/N-ethyl adjacent to an activating group) is 1. The van der Waals surface area contributed by atoms with Gasteiger partial charge in [0.2, 0.25) is 5.91 Å². The molecule has 2 aliphatic rings. The molecule has 3 rings (SSSR count). The van der Waals surface area contributed by atoms with Gasteiger partial charge in [-0.25, -0.2) is 0 Å². The lowest BCUT2D eigenvalue weighted by Crippen LogP contribution is -2.42. The monoisotopic (exact) mass is 272 g/mol. The number of hydrogen-bond donors (Lipinski definition) is 0. The molecule has 1 aromatic rings. The molecule has 1 aromatic carbocycles. The van der Waals surface area contributed by atoms with Crippen LogP contribution in [0.3, 0.4) is 0 Å². The molecule has 0 radical (unpaired) electrons. The smallest absolute Gasteiger partial charge is 0.236 e. The van der Waals surface area contributed by atoms with Crippen LogP contribution in [0.1, 0.15) is 42.9 Å². The van der Waals surface area contributed by atoms with E-state index in [0.717, 1.165) is 25.9 Å². The summed E-state index contributed by atoms with van der Waals surface area (Å²) in [6.07, 6.45) is 5.89. The van der Waals surface area contributed by atoms with Crippen molar-refractivity contribution in [2.45, 2.75) is 38.1 Å². The lowest BCUT2D eigenvalue weighted by Gasteiger charge is -2.31. The highest BCUT2D eigenvalue weighted by atomic mass is 16.2. The first-order chi connectivity index (χ1) is 9.75. The maximum Gasteiger partial charge on any atom is 0.236 e. The Labute approximate surface area is 121 Å². The zero-order valence-corrected chi connectivity index (χ0v) is 12.3. The Morgan fingerprint density at radius 3 is 2.80 bits per heavy atom. The number of carbonyl (C=O) groups is 1. The van der Waals surface area contributed by atoms with Crippen molar-refractivity contribution < 1.29 is 4.79 Å². The molecule has 3 nitrogen and oxygen atoms in total. The lowest BCUT2D eigenvalue weighted by atomic mass is 10.1. The minimum atomic E-state index is 0.302. The van der Waals surface area contributed by atoms with Crippen LogP contribution in [0, 0.1) is 0 Å². The summed E-state index contributed by atoms with van der Waals surface area (Å²) in [5, 5.41) is 0. The fourth-order valence-corrected chi connectivity index (χ4v) is 3.56. The fraction of sp³-hybridized carbons (Fsp3) is 0.588. The molecule has 0 N–H and O–H groups in total. The highest BCUT2D eigenvalue weighted by Crippen LogP contribution is 2.34. The molecule has 3 heteroatoms. The van der Waals surface area contributed by atoms with E-state index in [1.807, 2.05) is 4.90 Å². The van der Waals surface area contributed by atoms with Crippen LogP contribution in [-0.4, -0.2) is 42.4 Å². The average molecular weight is 272 g/mol. The van der Waals surface area contributed by atoms with Gasteiger partial charge in [-0.2, -0.15) is 0 Å². The van der Waals surface area contributed by atoms with E-state index in [2.05, 4.69) is 36.2 Å². The predicted molar refractivity (Wildman–Crippen MR) is 80.6 cm³/mol. The van der Waals surface area contributed by atoms with Gasteiger partial charge in [0.25, 0.3) is 0 Å². The fourth-order valence-electron chi connectivity index (χ4n) is 3.56. The number of carbonyl (C=O) groups excluding carboxylic acids is 1. The van der Waals surface area contributed by atoms with Gasteiger partial charge in [0.15, 0.2) is 0 Å². The first-order valence-corrected chi connectivity index (χ1v) is 7.81. The van der Waals surface area contributed by atoms with Crippen LogP contribution in [0.15, 0.2) is 24.3 Å². The van der Waals surface area contributed by atoms with Crippen LogP contribution >= 0.6 is 0 Å². The molecule has 108 valence electrons. The van der Waals surface area contributed by atoms with Crippen molar-refractivity contribution in [3.63, 3.8) is 0 Å². The van der Waals surface area contributed by atoms with Crippen LogP contribution < -0.4 is 0 Å². The molecule has 1 aliphatic carbocycles. The SMILES string of the molecule is CN(CC(=O)N1CCCCC1)C1CCc2ccccc21. The Hall–Kier alpha value is -1.35. The minimum absolute atomic E-state index is 0.302. The molecule has 1 unspecified atom stereocenters. The molecule has 1 fully saturated rings. The summed E-state index contributed by atoms with van der Waals surface area (Å²) < 4.78 is 0. The van der Waals surface area contributed by atoms with E-state index in [0.29, 0.717) is 18.5 Å². The third-order valence-corrected chi connectivity index (χ3v) is 4.73. The Balaban J connectivity index is 1.62. The van der Waals surface area contributed by atoms with Crippen molar-refractivity contribution >= 4 is 5.91 Å². The molecule has 1 saturated heterocycles. The van der Waals surface area contributed by atoms with Crippen molar-refractivity contribution in [1.82, 2.24) is 9.80 Å². The molecule has 20 heavy (non-hydrogen) atoms. The van der Waals surface area contributed by atoms with Crippen LogP contribution in [-0.2, 0) is 11.2 Å². The van der Waals surface area contributed by atoms with Crippen LogP contribution in [0.5, 0.6) is 0 Å². The van der Waals surface area contributed by atoms with Gasteiger partial charge in [-0.3, -0.25) is 9.69 Å². The van der Waals surface area contributed by atoms with Gasteiger partial charge in [-0.15, -0.1) is 0 Å². The number of aryl methyl sites for hydroxylation is 1. The van der Waals surface area contributed by atoms with Crippen LogP contribution in [0.25, 0.3) is 0 Å². The van der Waals surface area contributed by atoms with E-state index in [1.165, 1.54) is 30.4 Å². The number of fused-ring (bicyclic) bond motifs is 1. The maximum absolute atomic E-state index is 12.4. The number of rotatable bonds is 3. The quantitative estimate of drug-likeness (QED) is 0.844. The van der Waals surface area contributed by atoms with E-state index >= 15 is 0 Å². The second kappa shape index (κ2) is 5.96. The van der Waals surface area contributed by atoms with Crippen molar-refractivity contribution in [1.29, 1.82) is 0 Å². The zero-order valence-electron chi connectivity index (χ0n) is 12.3. The van der Waals surface area contributed by atoms with Gasteiger partial charge >= 0.3 is 0 Å². The molecule has 1 aliphatic heterocycles. The van der Waals surface area contributed by atoms with Crippen LogP contribution in [0.2, 0.25) is 0 Å². The summed E-state index contributed by atoms with van der Waals surface area (Å²) in [7, 11) is 2.09. The highest BCUT2D eigenvalue weighted by Gasteiger charge is 2.27. The first kappa shape index (κ1) is 13.6. The molecule has 1 atom stereocenters. The normalized spacial score (nSPS) is 22.1. The topological polar surface area (TPSA) is 23.6 Å². The largest absolute Gasteiger partial charge is 0.342 e. The molecule has 0 bridgehead atoms. The highest BCUT2D eigenvalue weighted by molar-refractivity contribution is 5.78. The Kier molecular flexibility index (Phi) is 4.06. The van der Waals surface area contributed by atoms with Crippen molar-refractivity contribution in [2.24, 2.45) is 0 Å². The minimum Gasteiger partial charge on any atom is -0.342 e. The second-order valence-electron chi connectivity index (χ2n) is 6.11. The maximum atomic E-state index is 12.4. The number of nitrogens with zero attached hydrogens (tertiary/aromatic N) is 2. The summed E-state index contributed by atoms with van der Waals surface area (Å²) in [6, 6.07) is 9.07. The predicted octanol–water partition coefficient (Wildman–Crippen LogP) is 2.62. The summed E-state index contributed by atoms with van der Waals surface area (Å²) >= 11 is 0. The Morgan fingerprint density at radius 2 is 2.00 bits per heavy atom. The lowest BCUT2D eigenvalue weighted by molar-refractivity contribution is -0.133. The second-order valence-corrected chi connectivity index (χ2v) is 6.11. The van der Waals surface area contributed by atoms with Gasteiger partial charge in [-0.05, 0) is 50.3 Å². The number of benzene rings is 1. The standard InChI is InChI=1S/C17H24N2O/c1-18(13-17(20)19-11-5-2-6-12-19)16-10-9-14-7-3-4-8-15(14)16/h3-4,7-8,16H,2,5-6,9-13H2,1H3.